The summed E-state index contributed by atoms with van der Waals surface area (Å²) in [6, 6.07) is 3.57. The Kier molecular flexibility index (Phi) is 2.84. The summed E-state index contributed by atoms with van der Waals surface area (Å²) < 4.78 is 1.90. The third kappa shape index (κ3) is 1.72. The van der Waals surface area contributed by atoms with E-state index in [2.05, 4.69) is 22.1 Å². The summed E-state index contributed by atoms with van der Waals surface area (Å²) in [5.74, 6) is 0. The minimum absolute atomic E-state index is 0.504. The predicted molar refractivity (Wildman–Crippen MR) is 72.3 cm³/mol. The minimum Gasteiger partial charge on any atom is -0.278 e. The molecule has 0 unspecified atom stereocenters. The lowest BCUT2D eigenvalue weighted by molar-refractivity contribution is 0.885. The van der Waals surface area contributed by atoms with E-state index in [1.165, 1.54) is 0 Å². The summed E-state index contributed by atoms with van der Waals surface area (Å²) in [7, 11) is 0. The SMILES string of the molecule is CCCc1nc2cc(Cl)c(Cl)cc2n2cnnc12. The van der Waals surface area contributed by atoms with Crippen LogP contribution in [-0.4, -0.2) is 19.6 Å². The van der Waals surface area contributed by atoms with Crippen LogP contribution in [0.5, 0.6) is 0 Å². The van der Waals surface area contributed by atoms with Gasteiger partial charge in [-0.1, -0.05) is 36.5 Å². The second-order valence-corrected chi connectivity index (χ2v) is 4.90. The highest BCUT2D eigenvalue weighted by atomic mass is 35.5. The molecule has 3 aromatic rings. The molecule has 0 N–H and O–H groups in total. The molecule has 0 fully saturated rings. The van der Waals surface area contributed by atoms with Gasteiger partial charge in [0.1, 0.15) is 6.33 Å². The molecule has 0 aliphatic rings. The predicted octanol–water partition coefficient (Wildman–Crippen LogP) is 3.54. The number of benzene rings is 1. The van der Waals surface area contributed by atoms with Gasteiger partial charge in [-0.3, -0.25) is 4.40 Å². The van der Waals surface area contributed by atoms with Crippen molar-refractivity contribution in [3.8, 4) is 0 Å². The van der Waals surface area contributed by atoms with E-state index in [9.17, 15) is 0 Å². The van der Waals surface area contributed by atoms with Crippen LogP contribution in [0, 0.1) is 0 Å². The molecule has 1 aromatic carbocycles. The molecular weight excluding hydrogens is 271 g/mol. The van der Waals surface area contributed by atoms with Crippen molar-refractivity contribution in [3.63, 3.8) is 0 Å². The lowest BCUT2D eigenvalue weighted by Crippen LogP contribution is -1.99. The van der Waals surface area contributed by atoms with Crippen molar-refractivity contribution in [2.24, 2.45) is 0 Å². The fourth-order valence-corrected chi connectivity index (χ4v) is 2.33. The van der Waals surface area contributed by atoms with E-state index in [1.54, 1.807) is 18.5 Å². The molecule has 0 atom stereocenters. The molecule has 0 amide bonds. The Morgan fingerprint density at radius 1 is 1.22 bits per heavy atom. The molecule has 18 heavy (non-hydrogen) atoms. The molecule has 6 heteroatoms. The van der Waals surface area contributed by atoms with Gasteiger partial charge in [0, 0.05) is 0 Å². The van der Waals surface area contributed by atoms with Crippen molar-refractivity contribution in [1.82, 2.24) is 19.6 Å². The van der Waals surface area contributed by atoms with Gasteiger partial charge in [0.05, 0.1) is 26.8 Å². The van der Waals surface area contributed by atoms with E-state index in [-0.39, 0.29) is 0 Å². The summed E-state index contributed by atoms with van der Waals surface area (Å²) in [6.07, 6.45) is 3.53. The van der Waals surface area contributed by atoms with Crippen molar-refractivity contribution in [1.29, 1.82) is 0 Å². The molecule has 0 spiro atoms. The Morgan fingerprint density at radius 3 is 2.78 bits per heavy atom. The van der Waals surface area contributed by atoms with Gasteiger partial charge in [-0.2, -0.15) is 0 Å². The third-order valence-corrected chi connectivity index (χ3v) is 3.55. The maximum atomic E-state index is 6.04. The van der Waals surface area contributed by atoms with Gasteiger partial charge in [-0.25, -0.2) is 4.98 Å². The Labute approximate surface area is 114 Å². The zero-order chi connectivity index (χ0) is 12.7. The van der Waals surface area contributed by atoms with Gasteiger partial charge in [-0.15, -0.1) is 10.2 Å². The summed E-state index contributed by atoms with van der Waals surface area (Å²) in [5.41, 5.74) is 3.38. The molecule has 0 aliphatic heterocycles. The fourth-order valence-electron chi connectivity index (χ4n) is 2.02. The molecule has 4 nitrogen and oxygen atoms in total. The minimum atomic E-state index is 0.504. The van der Waals surface area contributed by atoms with Crippen LogP contribution in [0.15, 0.2) is 18.5 Å². The average Bonchev–Trinajstić information content (AvgIpc) is 2.82. The molecule has 2 aromatic heterocycles. The zero-order valence-corrected chi connectivity index (χ0v) is 11.2. The molecule has 0 radical (unpaired) electrons. The fraction of sp³-hybridized carbons (Fsp3) is 0.250. The number of hydrogen-bond acceptors (Lipinski definition) is 3. The molecule has 0 saturated carbocycles. The highest BCUT2D eigenvalue weighted by molar-refractivity contribution is 6.42. The first-order valence-corrected chi connectivity index (χ1v) is 6.43. The number of aryl methyl sites for hydroxylation is 1. The van der Waals surface area contributed by atoms with Gasteiger partial charge in [-0.05, 0) is 18.6 Å². The van der Waals surface area contributed by atoms with Gasteiger partial charge in [0.2, 0.25) is 0 Å². The van der Waals surface area contributed by atoms with Crippen molar-refractivity contribution in [3.05, 3.63) is 34.2 Å². The van der Waals surface area contributed by atoms with Crippen molar-refractivity contribution < 1.29 is 0 Å². The van der Waals surface area contributed by atoms with Crippen LogP contribution in [0.2, 0.25) is 10.0 Å². The second kappa shape index (κ2) is 4.37. The van der Waals surface area contributed by atoms with Gasteiger partial charge in [0.25, 0.3) is 0 Å². The summed E-state index contributed by atoms with van der Waals surface area (Å²) in [4.78, 5) is 4.60. The first kappa shape index (κ1) is 11.7. The maximum Gasteiger partial charge on any atom is 0.182 e. The number of hydrogen-bond donors (Lipinski definition) is 0. The van der Waals surface area contributed by atoms with Crippen LogP contribution in [0.1, 0.15) is 19.0 Å². The molecule has 0 aliphatic carbocycles. The van der Waals surface area contributed by atoms with E-state index < -0.39 is 0 Å². The third-order valence-electron chi connectivity index (χ3n) is 2.83. The molecule has 92 valence electrons. The van der Waals surface area contributed by atoms with Crippen LogP contribution in [0.4, 0.5) is 0 Å². The van der Waals surface area contributed by atoms with Crippen molar-refractivity contribution in [2.75, 3.05) is 0 Å². The Hall–Kier alpha value is -1.39. The molecular formula is C12H10Cl2N4. The van der Waals surface area contributed by atoms with Crippen LogP contribution in [0.25, 0.3) is 16.7 Å². The quantitative estimate of drug-likeness (QED) is 0.721. The number of halogens is 2. The van der Waals surface area contributed by atoms with Crippen LogP contribution >= 0.6 is 23.2 Å². The van der Waals surface area contributed by atoms with E-state index in [0.29, 0.717) is 10.0 Å². The molecule has 2 heterocycles. The standard InChI is InChI=1S/C12H10Cl2N4/c1-2-3-9-12-17-15-6-18(12)11-5-8(14)7(13)4-10(11)16-9/h4-6H,2-3H2,1H3. The van der Waals surface area contributed by atoms with Gasteiger partial charge < -0.3 is 0 Å². The lowest BCUT2D eigenvalue weighted by atomic mass is 10.2. The molecule has 0 bridgehead atoms. The van der Waals surface area contributed by atoms with Crippen molar-refractivity contribution >= 4 is 39.9 Å². The highest BCUT2D eigenvalue weighted by Gasteiger charge is 2.11. The molecule has 0 saturated heterocycles. The van der Waals surface area contributed by atoms with E-state index >= 15 is 0 Å². The topological polar surface area (TPSA) is 43.1 Å². The van der Waals surface area contributed by atoms with Gasteiger partial charge >= 0.3 is 0 Å². The number of fused-ring (bicyclic) bond motifs is 3. The summed E-state index contributed by atoms with van der Waals surface area (Å²) in [5, 5.41) is 9.07. The zero-order valence-electron chi connectivity index (χ0n) is 9.69. The van der Waals surface area contributed by atoms with E-state index in [1.807, 2.05) is 4.40 Å². The van der Waals surface area contributed by atoms with Gasteiger partial charge in [0.15, 0.2) is 5.65 Å². The van der Waals surface area contributed by atoms with Crippen LogP contribution in [-0.2, 0) is 6.42 Å². The maximum absolute atomic E-state index is 6.04. The second-order valence-electron chi connectivity index (χ2n) is 4.09. The largest absolute Gasteiger partial charge is 0.278 e. The number of nitrogens with zero attached hydrogens (tertiary/aromatic N) is 4. The van der Waals surface area contributed by atoms with E-state index in [0.717, 1.165) is 35.2 Å². The summed E-state index contributed by atoms with van der Waals surface area (Å²) >= 11 is 12.1. The lowest BCUT2D eigenvalue weighted by Gasteiger charge is -2.07. The Balaban J connectivity index is 2.43. The monoisotopic (exact) mass is 280 g/mol. The van der Waals surface area contributed by atoms with Crippen LogP contribution < -0.4 is 0 Å². The average molecular weight is 281 g/mol. The normalized spacial score (nSPS) is 11.5. The number of rotatable bonds is 2. The Morgan fingerprint density at radius 2 is 2.00 bits per heavy atom. The molecule has 3 rings (SSSR count). The van der Waals surface area contributed by atoms with E-state index in [4.69, 9.17) is 23.2 Å². The van der Waals surface area contributed by atoms with Crippen molar-refractivity contribution in [2.45, 2.75) is 19.8 Å². The van der Waals surface area contributed by atoms with Crippen LogP contribution in [0.3, 0.4) is 0 Å². The first-order chi connectivity index (χ1) is 8.70. The Bertz CT molecular complexity index is 736. The smallest absolute Gasteiger partial charge is 0.182 e. The number of aromatic nitrogens is 4. The summed E-state index contributed by atoms with van der Waals surface area (Å²) in [6.45, 7) is 2.10. The highest BCUT2D eigenvalue weighted by Crippen LogP contribution is 2.28. The first-order valence-electron chi connectivity index (χ1n) is 5.68.